The quantitative estimate of drug-likeness (QED) is 0.729. The summed E-state index contributed by atoms with van der Waals surface area (Å²) in [6.07, 6.45) is 2.61. The maximum absolute atomic E-state index is 12.7. The van der Waals surface area contributed by atoms with Gasteiger partial charge in [-0.3, -0.25) is 9.59 Å². The fourth-order valence-corrected chi connectivity index (χ4v) is 3.01. The standard InChI is InChI=1S/C20H28N6O2/c1-12(2)11-17(27)22-18(13(3)4)20(28)21-15-7-5-14(6-8-15)19-23-24-25-26(19)16-9-10-16/h5-8,12-13,16,18H,9-11H2,1-4H3,(H,21,28)(H,22,27). The van der Waals surface area contributed by atoms with Gasteiger partial charge in [0.2, 0.25) is 11.8 Å². The van der Waals surface area contributed by atoms with Gasteiger partial charge in [0.1, 0.15) is 6.04 Å². The van der Waals surface area contributed by atoms with Crippen LogP contribution in [0.25, 0.3) is 11.4 Å². The summed E-state index contributed by atoms with van der Waals surface area (Å²) in [6.45, 7) is 7.79. The molecular formula is C20H28N6O2. The highest BCUT2D eigenvalue weighted by Crippen LogP contribution is 2.36. The minimum atomic E-state index is -0.576. The Morgan fingerprint density at radius 2 is 1.82 bits per heavy atom. The first-order valence-electron chi connectivity index (χ1n) is 9.83. The number of amides is 2. The van der Waals surface area contributed by atoms with Gasteiger partial charge in [0, 0.05) is 17.7 Å². The van der Waals surface area contributed by atoms with Crippen LogP contribution in [-0.4, -0.2) is 38.1 Å². The topological polar surface area (TPSA) is 102 Å². The molecule has 1 heterocycles. The predicted molar refractivity (Wildman–Crippen MR) is 106 cm³/mol. The van der Waals surface area contributed by atoms with Crippen molar-refractivity contribution in [2.75, 3.05) is 5.32 Å². The number of benzene rings is 1. The van der Waals surface area contributed by atoms with Gasteiger partial charge in [-0.15, -0.1) is 5.10 Å². The van der Waals surface area contributed by atoms with Gasteiger partial charge in [-0.1, -0.05) is 27.7 Å². The molecule has 1 unspecified atom stereocenters. The van der Waals surface area contributed by atoms with Gasteiger partial charge in [-0.25, -0.2) is 4.68 Å². The zero-order valence-corrected chi connectivity index (χ0v) is 16.8. The molecule has 0 bridgehead atoms. The van der Waals surface area contributed by atoms with Crippen LogP contribution in [0.5, 0.6) is 0 Å². The lowest BCUT2D eigenvalue weighted by molar-refractivity contribution is -0.127. The molecule has 1 fully saturated rings. The summed E-state index contributed by atoms with van der Waals surface area (Å²) >= 11 is 0. The third kappa shape index (κ3) is 4.94. The van der Waals surface area contributed by atoms with E-state index >= 15 is 0 Å². The number of tetrazole rings is 1. The molecule has 1 aromatic heterocycles. The molecule has 1 aliphatic carbocycles. The molecule has 2 aromatic rings. The highest BCUT2D eigenvalue weighted by Gasteiger charge is 2.28. The number of nitrogens with zero attached hydrogens (tertiary/aromatic N) is 4. The van der Waals surface area contributed by atoms with Crippen molar-refractivity contribution in [3.63, 3.8) is 0 Å². The Balaban J connectivity index is 1.65. The molecule has 2 N–H and O–H groups in total. The number of anilines is 1. The second-order valence-corrected chi connectivity index (χ2v) is 8.13. The summed E-state index contributed by atoms with van der Waals surface area (Å²) in [5.74, 6) is 0.643. The van der Waals surface area contributed by atoms with Crippen LogP contribution in [0.2, 0.25) is 0 Å². The van der Waals surface area contributed by atoms with Gasteiger partial charge in [0.15, 0.2) is 5.82 Å². The van der Waals surface area contributed by atoms with Crippen LogP contribution in [0, 0.1) is 11.8 Å². The van der Waals surface area contributed by atoms with Gasteiger partial charge in [-0.2, -0.15) is 0 Å². The van der Waals surface area contributed by atoms with Gasteiger partial charge in [0.05, 0.1) is 6.04 Å². The van der Waals surface area contributed by atoms with E-state index in [1.54, 1.807) is 0 Å². The van der Waals surface area contributed by atoms with E-state index in [1.807, 2.05) is 56.6 Å². The van der Waals surface area contributed by atoms with E-state index < -0.39 is 6.04 Å². The second-order valence-electron chi connectivity index (χ2n) is 8.13. The normalized spacial score (nSPS) is 14.9. The Labute approximate surface area is 165 Å². The molecule has 0 saturated heterocycles. The first-order valence-corrected chi connectivity index (χ1v) is 9.83. The van der Waals surface area contributed by atoms with Crippen molar-refractivity contribution >= 4 is 17.5 Å². The smallest absolute Gasteiger partial charge is 0.247 e. The van der Waals surface area contributed by atoms with E-state index in [1.165, 1.54) is 0 Å². The third-order valence-electron chi connectivity index (χ3n) is 4.66. The van der Waals surface area contributed by atoms with Gasteiger partial charge < -0.3 is 10.6 Å². The minimum Gasteiger partial charge on any atom is -0.344 e. The van der Waals surface area contributed by atoms with Crippen molar-refractivity contribution in [1.82, 2.24) is 25.5 Å². The van der Waals surface area contributed by atoms with Crippen LogP contribution >= 0.6 is 0 Å². The first-order chi connectivity index (χ1) is 13.3. The maximum Gasteiger partial charge on any atom is 0.247 e. The van der Waals surface area contributed by atoms with Crippen molar-refractivity contribution < 1.29 is 9.59 Å². The maximum atomic E-state index is 12.7. The van der Waals surface area contributed by atoms with Crippen molar-refractivity contribution in [1.29, 1.82) is 0 Å². The number of aromatic nitrogens is 4. The molecule has 1 saturated carbocycles. The van der Waals surface area contributed by atoms with Gasteiger partial charge in [0.25, 0.3) is 0 Å². The second kappa shape index (κ2) is 8.50. The fourth-order valence-electron chi connectivity index (χ4n) is 3.01. The van der Waals surface area contributed by atoms with Crippen molar-refractivity contribution in [2.45, 2.75) is 59.0 Å². The van der Waals surface area contributed by atoms with E-state index in [0.29, 0.717) is 18.2 Å². The summed E-state index contributed by atoms with van der Waals surface area (Å²) in [6, 6.07) is 7.25. The average Bonchev–Trinajstić information content (AvgIpc) is 3.36. The lowest BCUT2D eigenvalue weighted by Gasteiger charge is -2.22. The summed E-state index contributed by atoms with van der Waals surface area (Å²) in [4.78, 5) is 24.8. The van der Waals surface area contributed by atoms with E-state index in [2.05, 4.69) is 26.2 Å². The number of nitrogens with one attached hydrogen (secondary N) is 2. The Kier molecular flexibility index (Phi) is 6.06. The van der Waals surface area contributed by atoms with Crippen LogP contribution in [0.15, 0.2) is 24.3 Å². The summed E-state index contributed by atoms with van der Waals surface area (Å²) in [5, 5.41) is 17.7. The highest BCUT2D eigenvalue weighted by atomic mass is 16.2. The molecule has 1 aliphatic rings. The Hall–Kier alpha value is -2.77. The Morgan fingerprint density at radius 1 is 1.14 bits per heavy atom. The molecule has 2 amide bonds. The van der Waals surface area contributed by atoms with Crippen LogP contribution < -0.4 is 10.6 Å². The monoisotopic (exact) mass is 384 g/mol. The third-order valence-corrected chi connectivity index (χ3v) is 4.66. The summed E-state index contributed by atoms with van der Waals surface area (Å²) < 4.78 is 1.85. The van der Waals surface area contributed by atoms with Gasteiger partial charge >= 0.3 is 0 Å². The molecule has 1 aromatic carbocycles. The van der Waals surface area contributed by atoms with Crippen molar-refractivity contribution in [3.8, 4) is 11.4 Å². The number of carbonyl (C=O) groups excluding carboxylic acids is 2. The summed E-state index contributed by atoms with van der Waals surface area (Å²) in [7, 11) is 0. The molecule has 3 rings (SSSR count). The van der Waals surface area contributed by atoms with E-state index in [9.17, 15) is 9.59 Å². The zero-order valence-electron chi connectivity index (χ0n) is 16.8. The molecular weight excluding hydrogens is 356 g/mol. The number of hydrogen-bond donors (Lipinski definition) is 2. The molecule has 1 atom stereocenters. The molecule has 8 heteroatoms. The SMILES string of the molecule is CC(C)CC(=O)NC(C(=O)Nc1ccc(-c2nnnn2C2CC2)cc1)C(C)C. The Morgan fingerprint density at radius 3 is 2.39 bits per heavy atom. The van der Waals surface area contributed by atoms with E-state index in [4.69, 9.17) is 0 Å². The number of rotatable bonds is 8. The zero-order chi connectivity index (χ0) is 20.3. The van der Waals surface area contributed by atoms with Crippen molar-refractivity contribution in [3.05, 3.63) is 24.3 Å². The van der Waals surface area contributed by atoms with E-state index in [0.717, 1.165) is 24.2 Å². The highest BCUT2D eigenvalue weighted by molar-refractivity contribution is 5.97. The molecule has 8 nitrogen and oxygen atoms in total. The molecule has 28 heavy (non-hydrogen) atoms. The Bertz CT molecular complexity index is 823. The van der Waals surface area contributed by atoms with Gasteiger partial charge in [-0.05, 0) is 59.4 Å². The minimum absolute atomic E-state index is 0.0152. The number of hydrogen-bond acceptors (Lipinski definition) is 5. The lowest BCUT2D eigenvalue weighted by atomic mass is 10.0. The largest absolute Gasteiger partial charge is 0.344 e. The van der Waals surface area contributed by atoms with Crippen LogP contribution in [0.1, 0.15) is 53.0 Å². The average molecular weight is 384 g/mol. The number of carbonyl (C=O) groups is 2. The van der Waals surface area contributed by atoms with Crippen LogP contribution in [0.3, 0.4) is 0 Å². The first kappa shape index (κ1) is 20.0. The van der Waals surface area contributed by atoms with E-state index in [-0.39, 0.29) is 23.7 Å². The lowest BCUT2D eigenvalue weighted by Crippen LogP contribution is -2.47. The molecule has 0 spiro atoms. The molecule has 150 valence electrons. The summed E-state index contributed by atoms with van der Waals surface area (Å²) in [5.41, 5.74) is 1.57. The van der Waals surface area contributed by atoms with Crippen molar-refractivity contribution in [2.24, 2.45) is 11.8 Å². The molecule has 0 radical (unpaired) electrons. The fraction of sp³-hybridized carbons (Fsp3) is 0.550. The van der Waals surface area contributed by atoms with Crippen LogP contribution in [0.4, 0.5) is 5.69 Å². The molecule has 0 aliphatic heterocycles. The van der Waals surface area contributed by atoms with Crippen LogP contribution in [-0.2, 0) is 9.59 Å². The predicted octanol–water partition coefficient (Wildman–Crippen LogP) is 2.80.